The third-order valence-corrected chi connectivity index (χ3v) is 9.63. The number of benzene rings is 3. The van der Waals surface area contributed by atoms with E-state index in [1.165, 1.54) is 19.9 Å². The molecule has 2 unspecified atom stereocenters. The molecular formula is C39H44N4O6. The van der Waals surface area contributed by atoms with Crippen LogP contribution in [0.3, 0.4) is 0 Å². The van der Waals surface area contributed by atoms with Gasteiger partial charge in [0.1, 0.15) is 17.9 Å². The summed E-state index contributed by atoms with van der Waals surface area (Å²) in [5, 5.41) is 15.4. The molecule has 5 rings (SSSR count). The zero-order chi connectivity index (χ0) is 35.0. The summed E-state index contributed by atoms with van der Waals surface area (Å²) in [6.45, 7) is 3.26. The molecule has 4 amide bonds. The van der Waals surface area contributed by atoms with Crippen molar-refractivity contribution in [2.24, 2.45) is 5.41 Å². The smallest absolute Gasteiger partial charge is 0.352 e. The molecule has 1 aliphatic carbocycles. The minimum atomic E-state index is -1.27. The topological polar surface area (TPSA) is 136 Å². The predicted molar refractivity (Wildman–Crippen MR) is 187 cm³/mol. The summed E-state index contributed by atoms with van der Waals surface area (Å²) in [5.41, 5.74) is 2.16. The van der Waals surface area contributed by atoms with E-state index in [-0.39, 0.29) is 29.3 Å². The summed E-state index contributed by atoms with van der Waals surface area (Å²) in [4.78, 5) is 67.8. The lowest BCUT2D eigenvalue weighted by Crippen LogP contribution is -2.44. The number of carbonyl (C=O) groups excluding carboxylic acids is 4. The minimum absolute atomic E-state index is 0.179. The maximum absolute atomic E-state index is 14.2. The number of anilines is 1. The fraction of sp³-hybridized carbons (Fsp3) is 0.359. The maximum Gasteiger partial charge on any atom is 0.352 e. The van der Waals surface area contributed by atoms with Crippen molar-refractivity contribution in [3.8, 4) is 0 Å². The van der Waals surface area contributed by atoms with E-state index in [1.807, 2.05) is 60.7 Å². The first-order chi connectivity index (χ1) is 23.6. The Hall–Kier alpha value is -5.25. The largest absolute Gasteiger partial charge is 0.477 e. The van der Waals surface area contributed by atoms with Gasteiger partial charge in [-0.1, -0.05) is 85.6 Å². The van der Waals surface area contributed by atoms with Crippen molar-refractivity contribution in [3.05, 3.63) is 107 Å². The molecular weight excluding hydrogens is 620 g/mol. The average molecular weight is 665 g/mol. The highest BCUT2D eigenvalue weighted by Crippen LogP contribution is 2.41. The molecule has 2 aliphatic rings. The average Bonchev–Trinajstić information content (AvgIpc) is 3.67. The van der Waals surface area contributed by atoms with Gasteiger partial charge in [-0.05, 0) is 67.0 Å². The zero-order valence-corrected chi connectivity index (χ0v) is 28.1. The molecule has 0 spiro atoms. The number of aryl methyl sites for hydroxylation is 1. The van der Waals surface area contributed by atoms with Crippen LogP contribution in [0, 0.1) is 5.41 Å². The third-order valence-electron chi connectivity index (χ3n) is 9.63. The van der Waals surface area contributed by atoms with Crippen LogP contribution in [0.15, 0.2) is 90.6 Å². The van der Waals surface area contributed by atoms with E-state index in [1.54, 1.807) is 34.1 Å². The normalized spacial score (nSPS) is 18.7. The third kappa shape index (κ3) is 8.43. The van der Waals surface area contributed by atoms with E-state index >= 15 is 0 Å². The number of rotatable bonds is 13. The van der Waals surface area contributed by atoms with Crippen molar-refractivity contribution in [1.29, 1.82) is 0 Å². The summed E-state index contributed by atoms with van der Waals surface area (Å²) in [5.74, 6) is -2.18. The van der Waals surface area contributed by atoms with Gasteiger partial charge >= 0.3 is 5.97 Å². The van der Waals surface area contributed by atoms with Gasteiger partial charge in [-0.3, -0.25) is 24.1 Å². The fourth-order valence-electron chi connectivity index (χ4n) is 7.14. The molecule has 2 atom stereocenters. The lowest BCUT2D eigenvalue weighted by atomic mass is 9.81. The molecule has 256 valence electrons. The van der Waals surface area contributed by atoms with Gasteiger partial charge in [0.2, 0.25) is 17.7 Å². The zero-order valence-electron chi connectivity index (χ0n) is 28.1. The lowest BCUT2D eigenvalue weighted by Gasteiger charge is -2.31. The molecule has 3 aromatic rings. The van der Waals surface area contributed by atoms with Crippen LogP contribution in [0.4, 0.5) is 5.69 Å². The Morgan fingerprint density at radius 1 is 0.878 bits per heavy atom. The SMILES string of the molecule is CC(=O)NCCC1(C(=O)NC(=Cc2ccc(N3C(=O)C(Cc4ccccc4)N(C(C)=O)C3CCc3ccccc3)cc2)C(=O)O)CCCC1. The quantitative estimate of drug-likeness (QED) is 0.218. The number of carbonyl (C=O) groups is 5. The standard InChI is InChI=1S/C39H44N4O6/c1-27(44)40-24-23-39(21-9-10-22-39)38(49)41-33(37(47)48)25-31-15-18-32(19-16-31)43-35(20-17-29-11-5-3-6-12-29)42(28(2)45)34(36(43)46)26-30-13-7-4-8-14-30/h3-8,11-16,18-19,25,34-35H,9-10,17,20-24,26H2,1-2H3,(H,40,44)(H,41,49)(H,47,48). The van der Waals surface area contributed by atoms with E-state index in [0.717, 1.165) is 24.0 Å². The Balaban J connectivity index is 1.40. The first-order valence-electron chi connectivity index (χ1n) is 16.9. The Morgan fingerprint density at radius 3 is 2.06 bits per heavy atom. The molecule has 1 heterocycles. The van der Waals surface area contributed by atoms with Crippen molar-refractivity contribution in [2.45, 2.75) is 77.4 Å². The number of hydrogen-bond acceptors (Lipinski definition) is 5. The summed E-state index contributed by atoms with van der Waals surface area (Å²) >= 11 is 0. The molecule has 10 heteroatoms. The Bertz CT molecular complexity index is 1680. The second-order valence-corrected chi connectivity index (χ2v) is 13.0. The van der Waals surface area contributed by atoms with Gasteiger partial charge in [0.25, 0.3) is 5.91 Å². The number of amides is 4. The molecule has 2 fully saturated rings. The summed E-state index contributed by atoms with van der Waals surface area (Å²) in [6, 6.07) is 25.8. The van der Waals surface area contributed by atoms with E-state index in [4.69, 9.17) is 0 Å². The molecule has 0 bridgehead atoms. The monoisotopic (exact) mass is 664 g/mol. The first-order valence-corrected chi connectivity index (χ1v) is 16.9. The van der Waals surface area contributed by atoms with Gasteiger partial charge in [0.05, 0.1) is 5.41 Å². The Kier molecular flexibility index (Phi) is 11.3. The second-order valence-electron chi connectivity index (χ2n) is 13.0. The number of hydrogen-bond donors (Lipinski definition) is 3. The number of aliphatic carboxylic acids is 1. The highest BCUT2D eigenvalue weighted by molar-refractivity contribution is 6.03. The molecule has 3 aromatic carbocycles. The van der Waals surface area contributed by atoms with Crippen LogP contribution in [-0.4, -0.2) is 58.4 Å². The summed E-state index contributed by atoms with van der Waals surface area (Å²) in [7, 11) is 0. The van der Waals surface area contributed by atoms with Crippen LogP contribution in [0.1, 0.15) is 69.1 Å². The van der Waals surface area contributed by atoms with E-state index in [9.17, 15) is 29.1 Å². The second kappa shape index (κ2) is 15.8. The predicted octanol–water partition coefficient (Wildman–Crippen LogP) is 5.08. The highest BCUT2D eigenvalue weighted by atomic mass is 16.4. The molecule has 49 heavy (non-hydrogen) atoms. The van der Waals surface area contributed by atoms with Crippen LogP contribution in [0.5, 0.6) is 0 Å². The molecule has 1 saturated heterocycles. The van der Waals surface area contributed by atoms with E-state index in [2.05, 4.69) is 10.6 Å². The van der Waals surface area contributed by atoms with Gasteiger partial charge in [-0.2, -0.15) is 0 Å². The van der Waals surface area contributed by atoms with Gasteiger partial charge in [-0.25, -0.2) is 4.79 Å². The van der Waals surface area contributed by atoms with Gasteiger partial charge in [-0.15, -0.1) is 0 Å². The van der Waals surface area contributed by atoms with Crippen molar-refractivity contribution in [2.75, 3.05) is 11.4 Å². The highest BCUT2D eigenvalue weighted by Gasteiger charge is 2.47. The summed E-state index contributed by atoms with van der Waals surface area (Å²) in [6.07, 6.45) is 5.84. The first kappa shape index (κ1) is 35.1. The van der Waals surface area contributed by atoms with Crippen molar-refractivity contribution < 1.29 is 29.1 Å². The summed E-state index contributed by atoms with van der Waals surface area (Å²) < 4.78 is 0. The van der Waals surface area contributed by atoms with Crippen molar-refractivity contribution in [3.63, 3.8) is 0 Å². The Labute approximate surface area is 287 Å². The van der Waals surface area contributed by atoms with Crippen LogP contribution in [0.2, 0.25) is 0 Å². The van der Waals surface area contributed by atoms with Crippen molar-refractivity contribution >= 4 is 41.4 Å². The molecule has 0 aromatic heterocycles. The molecule has 1 saturated carbocycles. The van der Waals surface area contributed by atoms with Gasteiger partial charge in [0, 0.05) is 32.5 Å². The van der Waals surface area contributed by atoms with Gasteiger partial charge < -0.3 is 20.6 Å². The van der Waals surface area contributed by atoms with Crippen molar-refractivity contribution in [1.82, 2.24) is 15.5 Å². The maximum atomic E-state index is 14.2. The van der Waals surface area contributed by atoms with E-state index < -0.39 is 23.6 Å². The molecule has 0 radical (unpaired) electrons. The molecule has 10 nitrogen and oxygen atoms in total. The lowest BCUT2D eigenvalue weighted by molar-refractivity contribution is -0.137. The van der Waals surface area contributed by atoms with Crippen LogP contribution >= 0.6 is 0 Å². The number of carboxylic acid groups (broad SMARTS) is 1. The Morgan fingerprint density at radius 2 is 1.49 bits per heavy atom. The number of nitrogens with zero attached hydrogens (tertiary/aromatic N) is 2. The van der Waals surface area contributed by atoms with Crippen LogP contribution in [0.25, 0.3) is 6.08 Å². The number of carboxylic acids is 1. The van der Waals surface area contributed by atoms with Crippen LogP contribution in [-0.2, 0) is 36.8 Å². The molecule has 3 N–H and O–H groups in total. The van der Waals surface area contributed by atoms with Gasteiger partial charge in [0.15, 0.2) is 0 Å². The number of nitrogens with one attached hydrogen (secondary N) is 2. The van der Waals surface area contributed by atoms with Crippen LogP contribution < -0.4 is 15.5 Å². The van der Waals surface area contributed by atoms with E-state index in [0.29, 0.717) is 56.3 Å². The minimum Gasteiger partial charge on any atom is -0.477 e. The molecule has 1 aliphatic heterocycles. The fourth-order valence-corrected chi connectivity index (χ4v) is 7.14.